The van der Waals surface area contributed by atoms with Crippen LogP contribution in [-0.4, -0.2) is 56.3 Å². The first-order chi connectivity index (χ1) is 8.57. The summed E-state index contributed by atoms with van der Waals surface area (Å²) in [6.07, 6.45) is 2.16. The third-order valence-corrected chi connectivity index (χ3v) is 6.56. The lowest BCUT2D eigenvalue weighted by atomic mass is 10.0. The fourth-order valence-corrected chi connectivity index (χ4v) is 5.41. The van der Waals surface area contributed by atoms with Crippen LogP contribution in [0.1, 0.15) is 19.8 Å². The molecule has 3 atom stereocenters. The van der Waals surface area contributed by atoms with Crippen LogP contribution in [0, 0.1) is 17.8 Å². The van der Waals surface area contributed by atoms with Crippen molar-refractivity contribution in [1.29, 1.82) is 0 Å². The maximum atomic E-state index is 12.6. The van der Waals surface area contributed by atoms with Gasteiger partial charge in [0.25, 0.3) is 10.2 Å². The van der Waals surface area contributed by atoms with Gasteiger partial charge in [-0.05, 0) is 43.7 Å². The van der Waals surface area contributed by atoms with Gasteiger partial charge in [-0.2, -0.15) is 17.0 Å². The van der Waals surface area contributed by atoms with Gasteiger partial charge in [0.1, 0.15) is 0 Å². The summed E-state index contributed by atoms with van der Waals surface area (Å²) in [7, 11) is -3.20. The van der Waals surface area contributed by atoms with Gasteiger partial charge in [-0.15, -0.1) is 0 Å². The molecule has 0 aromatic carbocycles. The molecule has 3 aliphatic rings. The second-order valence-electron chi connectivity index (χ2n) is 6.11. The average Bonchev–Trinajstić information content (AvgIpc) is 2.89. The number of hydrogen-bond acceptors (Lipinski definition) is 3. The Morgan fingerprint density at radius 2 is 1.72 bits per heavy atom. The highest BCUT2D eigenvalue weighted by Gasteiger charge is 2.43. The van der Waals surface area contributed by atoms with Gasteiger partial charge >= 0.3 is 0 Å². The third-order valence-electron chi connectivity index (χ3n) is 4.63. The van der Waals surface area contributed by atoms with E-state index in [4.69, 9.17) is 0 Å². The number of piperidine rings is 1. The molecule has 0 saturated carbocycles. The van der Waals surface area contributed by atoms with E-state index in [1.807, 2.05) is 0 Å². The molecular formula is C12H23N3O2S. The highest BCUT2D eigenvalue weighted by Crippen LogP contribution is 2.30. The molecule has 0 radical (unpaired) electrons. The van der Waals surface area contributed by atoms with Crippen LogP contribution in [0.25, 0.3) is 0 Å². The van der Waals surface area contributed by atoms with E-state index in [-0.39, 0.29) is 0 Å². The first-order valence-corrected chi connectivity index (χ1v) is 8.43. The van der Waals surface area contributed by atoms with Crippen LogP contribution in [0.5, 0.6) is 0 Å². The second-order valence-corrected chi connectivity index (χ2v) is 8.04. The van der Waals surface area contributed by atoms with Crippen LogP contribution in [0.15, 0.2) is 0 Å². The van der Waals surface area contributed by atoms with Crippen molar-refractivity contribution in [2.75, 3.05) is 39.3 Å². The fourth-order valence-electron chi connectivity index (χ4n) is 3.52. The Morgan fingerprint density at radius 1 is 1.06 bits per heavy atom. The molecule has 18 heavy (non-hydrogen) atoms. The zero-order valence-corrected chi connectivity index (χ0v) is 11.8. The molecule has 6 heteroatoms. The lowest BCUT2D eigenvalue weighted by Crippen LogP contribution is -2.47. The van der Waals surface area contributed by atoms with Crippen LogP contribution >= 0.6 is 0 Å². The Balaban J connectivity index is 1.71. The summed E-state index contributed by atoms with van der Waals surface area (Å²) in [5.41, 5.74) is 0. The summed E-state index contributed by atoms with van der Waals surface area (Å²) in [4.78, 5) is 0. The van der Waals surface area contributed by atoms with Crippen molar-refractivity contribution in [3.63, 3.8) is 0 Å². The van der Waals surface area contributed by atoms with Crippen LogP contribution in [0.2, 0.25) is 0 Å². The van der Waals surface area contributed by atoms with Crippen molar-refractivity contribution in [2.45, 2.75) is 19.8 Å². The van der Waals surface area contributed by atoms with E-state index >= 15 is 0 Å². The maximum absolute atomic E-state index is 12.6. The van der Waals surface area contributed by atoms with E-state index in [2.05, 4.69) is 12.2 Å². The molecule has 3 saturated heterocycles. The molecule has 3 heterocycles. The lowest BCUT2D eigenvalue weighted by molar-refractivity contribution is 0.262. The minimum atomic E-state index is -3.20. The Kier molecular flexibility index (Phi) is 3.38. The smallest absolute Gasteiger partial charge is 0.282 e. The van der Waals surface area contributed by atoms with Crippen molar-refractivity contribution in [3.05, 3.63) is 0 Å². The molecule has 104 valence electrons. The molecule has 0 aromatic rings. The SMILES string of the molecule is CC1CCCN(S(=O)(=O)N2CC3CNCC3C2)C1. The Hall–Kier alpha value is -0.170. The molecule has 0 spiro atoms. The second kappa shape index (κ2) is 4.74. The summed E-state index contributed by atoms with van der Waals surface area (Å²) < 4.78 is 28.6. The van der Waals surface area contributed by atoms with Crippen molar-refractivity contribution in [1.82, 2.24) is 13.9 Å². The zero-order valence-electron chi connectivity index (χ0n) is 11.0. The van der Waals surface area contributed by atoms with Gasteiger partial charge in [-0.25, -0.2) is 0 Å². The summed E-state index contributed by atoms with van der Waals surface area (Å²) >= 11 is 0. The van der Waals surface area contributed by atoms with Crippen molar-refractivity contribution in [3.8, 4) is 0 Å². The molecule has 0 bridgehead atoms. The van der Waals surface area contributed by atoms with Crippen LogP contribution in [-0.2, 0) is 10.2 Å². The van der Waals surface area contributed by atoms with Crippen LogP contribution < -0.4 is 5.32 Å². The number of fused-ring (bicyclic) bond motifs is 1. The Labute approximate surface area is 110 Å². The molecule has 5 nitrogen and oxygen atoms in total. The van der Waals surface area contributed by atoms with E-state index in [0.717, 1.165) is 25.9 Å². The van der Waals surface area contributed by atoms with E-state index < -0.39 is 10.2 Å². The van der Waals surface area contributed by atoms with E-state index in [1.54, 1.807) is 8.61 Å². The van der Waals surface area contributed by atoms with Crippen molar-refractivity contribution < 1.29 is 8.42 Å². The minimum absolute atomic E-state index is 0.497. The summed E-state index contributed by atoms with van der Waals surface area (Å²) in [6, 6.07) is 0. The summed E-state index contributed by atoms with van der Waals surface area (Å²) in [5, 5.41) is 3.35. The molecule has 3 fully saturated rings. The van der Waals surface area contributed by atoms with Gasteiger partial charge in [0.05, 0.1) is 0 Å². The molecular weight excluding hydrogens is 250 g/mol. The topological polar surface area (TPSA) is 52.7 Å². The van der Waals surface area contributed by atoms with E-state index in [1.165, 1.54) is 0 Å². The Morgan fingerprint density at radius 3 is 2.33 bits per heavy atom. The predicted octanol–water partition coefficient (Wildman–Crippen LogP) is 0.114. The van der Waals surface area contributed by atoms with Crippen LogP contribution in [0.3, 0.4) is 0 Å². The molecule has 0 aliphatic carbocycles. The number of nitrogens with one attached hydrogen (secondary N) is 1. The van der Waals surface area contributed by atoms with Crippen LogP contribution in [0.4, 0.5) is 0 Å². The lowest BCUT2D eigenvalue weighted by Gasteiger charge is -2.33. The van der Waals surface area contributed by atoms with E-state index in [0.29, 0.717) is 43.9 Å². The first kappa shape index (κ1) is 12.8. The summed E-state index contributed by atoms with van der Waals surface area (Å²) in [5.74, 6) is 1.56. The molecule has 0 amide bonds. The average molecular weight is 273 g/mol. The first-order valence-electron chi connectivity index (χ1n) is 7.03. The molecule has 0 aromatic heterocycles. The van der Waals surface area contributed by atoms with Gasteiger partial charge in [0, 0.05) is 26.2 Å². The molecule has 3 unspecified atom stereocenters. The van der Waals surface area contributed by atoms with Gasteiger partial charge in [0.15, 0.2) is 0 Å². The molecule has 1 N–H and O–H groups in total. The normalized spacial score (nSPS) is 39.1. The monoisotopic (exact) mass is 273 g/mol. The zero-order chi connectivity index (χ0) is 12.8. The van der Waals surface area contributed by atoms with Gasteiger partial charge in [-0.3, -0.25) is 0 Å². The largest absolute Gasteiger partial charge is 0.316 e. The van der Waals surface area contributed by atoms with Crippen molar-refractivity contribution >= 4 is 10.2 Å². The Bertz CT molecular complexity index is 400. The number of hydrogen-bond donors (Lipinski definition) is 1. The highest BCUT2D eigenvalue weighted by molar-refractivity contribution is 7.86. The molecule has 3 aliphatic heterocycles. The molecule has 3 rings (SSSR count). The standard InChI is InChI=1S/C12H23N3O2S/c1-10-3-2-4-14(7-10)18(16,17)15-8-11-5-13-6-12(11)9-15/h10-13H,2-9H2,1H3. The number of rotatable bonds is 2. The van der Waals surface area contributed by atoms with Gasteiger partial charge < -0.3 is 5.32 Å². The van der Waals surface area contributed by atoms with Gasteiger partial charge in [0.2, 0.25) is 0 Å². The number of nitrogens with zero attached hydrogens (tertiary/aromatic N) is 2. The predicted molar refractivity (Wildman–Crippen MR) is 70.3 cm³/mol. The van der Waals surface area contributed by atoms with E-state index in [9.17, 15) is 8.42 Å². The maximum Gasteiger partial charge on any atom is 0.282 e. The quantitative estimate of drug-likeness (QED) is 0.777. The highest BCUT2D eigenvalue weighted by atomic mass is 32.2. The third kappa shape index (κ3) is 2.19. The van der Waals surface area contributed by atoms with Gasteiger partial charge in [-0.1, -0.05) is 6.92 Å². The fraction of sp³-hybridized carbons (Fsp3) is 1.00. The summed E-state index contributed by atoms with van der Waals surface area (Å²) in [6.45, 7) is 6.93. The van der Waals surface area contributed by atoms with Crippen molar-refractivity contribution in [2.24, 2.45) is 17.8 Å². The minimum Gasteiger partial charge on any atom is -0.316 e.